The molecule has 0 aromatic carbocycles. The Balaban J connectivity index is 0. The van der Waals surface area contributed by atoms with Gasteiger partial charge in [0.1, 0.15) is 0 Å². The topological polar surface area (TPSA) is 64.6 Å². The summed E-state index contributed by atoms with van der Waals surface area (Å²) in [5.41, 5.74) is 0. The zero-order valence-electron chi connectivity index (χ0n) is 19.4. The van der Waals surface area contributed by atoms with Crippen molar-refractivity contribution in [3.63, 3.8) is 0 Å². The smallest absolute Gasteiger partial charge is 0.488 e. The van der Waals surface area contributed by atoms with E-state index in [-0.39, 0.29) is 26.4 Å². The third kappa shape index (κ3) is 17.2. The monoisotopic (exact) mass is 470 g/mol. The van der Waals surface area contributed by atoms with Crippen molar-refractivity contribution in [2.75, 3.05) is 26.4 Å². The lowest BCUT2D eigenvalue weighted by Crippen LogP contribution is -2.49. The van der Waals surface area contributed by atoms with E-state index in [4.69, 9.17) is 31.0 Å². The number of hydrogen-bond acceptors (Lipinski definition) is 7. The van der Waals surface area contributed by atoms with E-state index >= 15 is 0 Å². The van der Waals surface area contributed by atoms with Crippen LogP contribution in [0.1, 0.15) is 20.8 Å². The highest BCUT2D eigenvalue weighted by molar-refractivity contribution is 6.60. The highest BCUT2D eigenvalue weighted by Crippen LogP contribution is 2.19. The van der Waals surface area contributed by atoms with E-state index in [1.54, 1.807) is 51.6 Å². The fourth-order valence-corrected chi connectivity index (χ4v) is 5.72. The maximum Gasteiger partial charge on any atom is 0.695 e. The molecule has 0 saturated carbocycles. The molecule has 0 rings (SSSR count). The molecule has 0 saturated heterocycles. The maximum absolute atomic E-state index is 5.50. The van der Waals surface area contributed by atoms with Crippen LogP contribution >= 0.6 is 0 Å². The second-order valence-electron chi connectivity index (χ2n) is 6.17. The zero-order valence-corrected chi connectivity index (χ0v) is 21.4. The molecule has 0 heterocycles. The van der Waals surface area contributed by atoms with Gasteiger partial charge in [0.15, 0.2) is 0 Å². The van der Waals surface area contributed by atoms with Gasteiger partial charge in [0.05, 0.1) is 43.7 Å². The minimum Gasteiger partial charge on any atom is -0.488 e. The predicted octanol–water partition coefficient (Wildman–Crippen LogP) is 5.44. The molecule has 31 heavy (non-hydrogen) atoms. The van der Waals surface area contributed by atoms with E-state index in [1.165, 1.54) is 0 Å². The Hall–Kier alpha value is -2.15. The first-order valence-electron chi connectivity index (χ1n) is 9.52. The molecule has 0 amide bonds. The molecule has 9 heteroatoms. The Morgan fingerprint density at radius 3 is 0.968 bits per heavy atom. The van der Waals surface area contributed by atoms with Crippen LogP contribution in [-0.2, 0) is 31.0 Å². The van der Waals surface area contributed by atoms with Crippen molar-refractivity contribution in [2.45, 2.75) is 27.3 Å². The summed E-state index contributed by atoms with van der Waals surface area (Å²) in [5.74, 6) is 1.67. The van der Waals surface area contributed by atoms with Gasteiger partial charge < -0.3 is 31.0 Å². The molecule has 0 unspecified atom stereocenters. The van der Waals surface area contributed by atoms with Crippen molar-refractivity contribution in [1.82, 2.24) is 0 Å². The molecule has 0 aliphatic carbocycles. The SMILES string of the molecule is C=C(C)O[Si](C)(OC(=C)C)OC(=C)C.C=CCO[Si](OCC=C)(OCC=C)OCC=C. The molecule has 7 nitrogen and oxygen atoms in total. The van der Waals surface area contributed by atoms with Gasteiger partial charge in [-0.05, 0) is 20.8 Å². The van der Waals surface area contributed by atoms with Crippen molar-refractivity contribution in [1.29, 1.82) is 0 Å². The van der Waals surface area contributed by atoms with Crippen LogP contribution in [0.2, 0.25) is 6.55 Å². The standard InChI is InChI=1S/C12H20O4Si.C10H18O3Si/c1-5-9-13-17(14-10-6-2,15-11-7-3)16-12-8-4;1-8(2)11-14(7,12-9(3)4)13-10(5)6/h5-8H,1-4,9-12H2;1,3,5H2,2,4,6-7H3. The summed E-state index contributed by atoms with van der Waals surface area (Å²) >= 11 is 0. The first kappa shape index (κ1) is 31.0. The van der Waals surface area contributed by atoms with E-state index in [9.17, 15) is 0 Å². The van der Waals surface area contributed by atoms with E-state index in [0.717, 1.165) is 0 Å². The molecule has 0 atom stereocenters. The molecular weight excluding hydrogens is 432 g/mol. The summed E-state index contributed by atoms with van der Waals surface area (Å²) in [5, 5.41) is 0. The van der Waals surface area contributed by atoms with Crippen LogP contribution in [0.15, 0.2) is 87.6 Å². The largest absolute Gasteiger partial charge is 0.695 e. The van der Waals surface area contributed by atoms with Gasteiger partial charge >= 0.3 is 17.9 Å². The van der Waals surface area contributed by atoms with Crippen molar-refractivity contribution >= 4 is 17.9 Å². The van der Waals surface area contributed by atoms with Crippen molar-refractivity contribution in [3.8, 4) is 0 Å². The Bertz CT molecular complexity index is 523. The van der Waals surface area contributed by atoms with E-state index in [1.807, 2.05) is 0 Å². The van der Waals surface area contributed by atoms with Crippen LogP contribution in [0.25, 0.3) is 0 Å². The molecule has 0 aromatic heterocycles. The normalized spacial score (nSPS) is 10.6. The Morgan fingerprint density at radius 1 is 0.581 bits per heavy atom. The van der Waals surface area contributed by atoms with Gasteiger partial charge in [-0.25, -0.2) is 0 Å². The second kappa shape index (κ2) is 17.5. The van der Waals surface area contributed by atoms with Gasteiger partial charge in [0.2, 0.25) is 0 Å². The molecule has 0 N–H and O–H groups in total. The Morgan fingerprint density at radius 2 is 0.806 bits per heavy atom. The highest BCUT2D eigenvalue weighted by atomic mass is 28.4. The van der Waals surface area contributed by atoms with Crippen LogP contribution in [-0.4, -0.2) is 44.3 Å². The van der Waals surface area contributed by atoms with Crippen molar-refractivity contribution < 1.29 is 31.0 Å². The molecule has 0 aliphatic rings. The Kier molecular flexibility index (Phi) is 17.6. The van der Waals surface area contributed by atoms with Gasteiger partial charge in [-0.2, -0.15) is 0 Å². The molecular formula is C22H38O7Si2. The fraction of sp³-hybridized carbons (Fsp3) is 0.364. The molecule has 0 aliphatic heterocycles. The van der Waals surface area contributed by atoms with E-state index in [0.29, 0.717) is 17.3 Å². The van der Waals surface area contributed by atoms with Crippen LogP contribution in [0.5, 0.6) is 0 Å². The Labute approximate surface area is 190 Å². The summed E-state index contributed by atoms with van der Waals surface area (Å²) in [6, 6.07) is 0. The van der Waals surface area contributed by atoms with Crippen molar-refractivity contribution in [2.24, 2.45) is 0 Å². The summed E-state index contributed by atoms with van der Waals surface area (Å²) < 4.78 is 38.3. The van der Waals surface area contributed by atoms with Gasteiger partial charge in [-0.1, -0.05) is 44.0 Å². The lowest BCUT2D eigenvalue weighted by atomic mass is 10.7. The van der Waals surface area contributed by atoms with Gasteiger partial charge in [-0.3, -0.25) is 0 Å². The first-order chi connectivity index (χ1) is 14.5. The quantitative estimate of drug-likeness (QED) is 0.150. The molecule has 176 valence electrons. The summed E-state index contributed by atoms with van der Waals surface area (Å²) in [7, 11) is -5.90. The van der Waals surface area contributed by atoms with Crippen molar-refractivity contribution in [3.05, 3.63) is 87.6 Å². The van der Waals surface area contributed by atoms with Gasteiger partial charge in [0, 0.05) is 6.55 Å². The number of allylic oxidation sites excluding steroid dienone is 3. The second-order valence-corrected chi connectivity index (χ2v) is 10.7. The van der Waals surface area contributed by atoms with Gasteiger partial charge in [-0.15, -0.1) is 26.3 Å². The highest BCUT2D eigenvalue weighted by Gasteiger charge is 2.45. The summed E-state index contributed by atoms with van der Waals surface area (Å²) in [4.78, 5) is 0. The fourth-order valence-electron chi connectivity index (χ4n) is 1.91. The third-order valence-corrected chi connectivity index (χ3v) is 6.83. The van der Waals surface area contributed by atoms with E-state index < -0.39 is 17.9 Å². The first-order valence-corrected chi connectivity index (χ1v) is 13.4. The third-order valence-electron chi connectivity index (χ3n) is 2.59. The van der Waals surface area contributed by atoms with Crippen LogP contribution < -0.4 is 0 Å². The minimum absolute atomic E-state index is 0.289. The van der Waals surface area contributed by atoms with Crippen LogP contribution in [0.3, 0.4) is 0 Å². The lowest BCUT2D eigenvalue weighted by Gasteiger charge is -2.27. The van der Waals surface area contributed by atoms with Crippen LogP contribution in [0, 0.1) is 0 Å². The minimum atomic E-state index is -3.16. The molecule has 0 bridgehead atoms. The molecule has 0 aromatic rings. The summed E-state index contributed by atoms with van der Waals surface area (Å²) in [6.45, 7) is 33.4. The lowest BCUT2D eigenvalue weighted by molar-refractivity contribution is -0.0117. The zero-order chi connectivity index (χ0) is 24.3. The van der Waals surface area contributed by atoms with E-state index in [2.05, 4.69) is 46.1 Å². The molecule has 0 spiro atoms. The number of rotatable bonds is 18. The predicted molar refractivity (Wildman–Crippen MR) is 130 cm³/mol. The van der Waals surface area contributed by atoms with Crippen LogP contribution in [0.4, 0.5) is 0 Å². The average molecular weight is 471 g/mol. The molecule has 0 fully saturated rings. The molecule has 0 radical (unpaired) electrons. The average Bonchev–Trinajstić information content (AvgIpc) is 2.65. The maximum atomic E-state index is 5.50. The number of hydrogen-bond donors (Lipinski definition) is 0. The van der Waals surface area contributed by atoms with Gasteiger partial charge in [0.25, 0.3) is 0 Å². The summed E-state index contributed by atoms with van der Waals surface area (Å²) in [6.07, 6.45) is 6.42.